The van der Waals surface area contributed by atoms with Crippen molar-refractivity contribution in [3.8, 4) is 0 Å². The molecule has 13 nitrogen and oxygen atoms in total. The minimum atomic E-state index is -1.21. The fourth-order valence-electron chi connectivity index (χ4n) is 3.43. The van der Waals surface area contributed by atoms with Crippen LogP contribution >= 0.6 is 12.4 Å². The number of anilines is 1. The SMILES string of the molecule is CN(CC(=O)N1CCN(CC(=O)O)C(=O)[C@@H]1CCC(=O)O)C(=O)c1ccc(NC(=N)N)cc1.Cl. The number of rotatable bonds is 9. The van der Waals surface area contributed by atoms with Gasteiger partial charge in [-0.15, -0.1) is 12.4 Å². The first-order chi connectivity index (χ1) is 15.5. The van der Waals surface area contributed by atoms with Crippen LogP contribution in [0, 0.1) is 5.41 Å². The minimum Gasteiger partial charge on any atom is -0.481 e. The Morgan fingerprint density at radius 3 is 2.29 bits per heavy atom. The van der Waals surface area contributed by atoms with Gasteiger partial charge in [0.15, 0.2) is 5.96 Å². The van der Waals surface area contributed by atoms with Crippen molar-refractivity contribution in [3.63, 3.8) is 0 Å². The second kappa shape index (κ2) is 12.4. The van der Waals surface area contributed by atoms with Crippen molar-refractivity contribution < 1.29 is 34.2 Å². The lowest BCUT2D eigenvalue weighted by molar-refractivity contribution is -0.156. The molecule has 2 rings (SSSR count). The molecule has 0 radical (unpaired) electrons. The molecule has 34 heavy (non-hydrogen) atoms. The summed E-state index contributed by atoms with van der Waals surface area (Å²) < 4.78 is 0. The Balaban J connectivity index is 0.00000578. The number of hydrogen-bond donors (Lipinski definition) is 5. The first kappa shape index (κ1) is 28.2. The minimum absolute atomic E-state index is 0. The molecule has 1 saturated heterocycles. The van der Waals surface area contributed by atoms with Gasteiger partial charge in [0.05, 0.1) is 6.54 Å². The molecule has 1 aromatic rings. The zero-order chi connectivity index (χ0) is 24.7. The van der Waals surface area contributed by atoms with Crippen LogP contribution in [-0.2, 0) is 19.2 Å². The van der Waals surface area contributed by atoms with E-state index in [9.17, 15) is 24.0 Å². The molecule has 1 heterocycles. The van der Waals surface area contributed by atoms with Gasteiger partial charge in [0, 0.05) is 37.8 Å². The van der Waals surface area contributed by atoms with Crippen molar-refractivity contribution in [3.05, 3.63) is 29.8 Å². The highest BCUT2D eigenvalue weighted by atomic mass is 35.5. The molecule has 1 aliphatic rings. The first-order valence-corrected chi connectivity index (χ1v) is 9.98. The average molecular weight is 499 g/mol. The van der Waals surface area contributed by atoms with Gasteiger partial charge < -0.3 is 36.0 Å². The summed E-state index contributed by atoms with van der Waals surface area (Å²) in [5, 5.41) is 27.7. The van der Waals surface area contributed by atoms with Crippen LogP contribution in [0.5, 0.6) is 0 Å². The van der Waals surface area contributed by atoms with Gasteiger partial charge in [0.1, 0.15) is 12.6 Å². The third-order valence-electron chi connectivity index (χ3n) is 4.99. The van der Waals surface area contributed by atoms with Gasteiger partial charge in [0.25, 0.3) is 5.91 Å². The molecule has 0 bridgehead atoms. The molecule has 0 spiro atoms. The number of amides is 3. The van der Waals surface area contributed by atoms with Gasteiger partial charge >= 0.3 is 11.9 Å². The summed E-state index contributed by atoms with van der Waals surface area (Å²) in [6.07, 6.45) is -0.547. The molecule has 14 heteroatoms. The Labute approximate surface area is 201 Å². The van der Waals surface area contributed by atoms with Crippen LogP contribution in [-0.4, -0.2) is 99.8 Å². The number of nitrogens with one attached hydrogen (secondary N) is 2. The van der Waals surface area contributed by atoms with E-state index in [0.717, 1.165) is 9.80 Å². The quantitative estimate of drug-likeness (QED) is 0.219. The van der Waals surface area contributed by atoms with E-state index in [2.05, 4.69) is 5.32 Å². The fraction of sp³-hybridized carbons (Fsp3) is 0.400. The summed E-state index contributed by atoms with van der Waals surface area (Å²) in [6, 6.07) is 4.97. The maximum Gasteiger partial charge on any atom is 0.323 e. The monoisotopic (exact) mass is 498 g/mol. The van der Waals surface area contributed by atoms with Crippen LogP contribution in [0.25, 0.3) is 0 Å². The van der Waals surface area contributed by atoms with Crippen LogP contribution in [0.3, 0.4) is 0 Å². The molecular weight excluding hydrogens is 472 g/mol. The second-order valence-electron chi connectivity index (χ2n) is 7.47. The lowest BCUT2D eigenvalue weighted by Gasteiger charge is -2.40. The summed E-state index contributed by atoms with van der Waals surface area (Å²) in [5.74, 6) is -4.28. The van der Waals surface area contributed by atoms with E-state index in [1.54, 1.807) is 12.1 Å². The molecule has 186 valence electrons. The number of guanidine groups is 1. The molecule has 0 aliphatic carbocycles. The van der Waals surface area contributed by atoms with Crippen molar-refractivity contribution in [1.29, 1.82) is 5.41 Å². The molecule has 3 amide bonds. The predicted octanol–water partition coefficient (Wildman–Crippen LogP) is -0.525. The molecular formula is C20H27ClN6O7. The number of nitrogens with zero attached hydrogens (tertiary/aromatic N) is 3. The number of carbonyl (C=O) groups excluding carboxylic acids is 3. The zero-order valence-electron chi connectivity index (χ0n) is 18.4. The normalized spacial score (nSPS) is 15.2. The summed E-state index contributed by atoms with van der Waals surface area (Å²) in [6.45, 7) is -0.891. The number of nitrogens with two attached hydrogens (primary N) is 1. The summed E-state index contributed by atoms with van der Waals surface area (Å²) in [7, 11) is 1.41. The van der Waals surface area contributed by atoms with Gasteiger partial charge in [-0.3, -0.25) is 29.4 Å². The average Bonchev–Trinajstić information content (AvgIpc) is 2.73. The zero-order valence-corrected chi connectivity index (χ0v) is 19.2. The van der Waals surface area contributed by atoms with Crippen molar-refractivity contribution in [2.75, 3.05) is 38.5 Å². The van der Waals surface area contributed by atoms with Crippen molar-refractivity contribution in [2.45, 2.75) is 18.9 Å². The molecule has 1 atom stereocenters. The second-order valence-corrected chi connectivity index (χ2v) is 7.47. The third kappa shape index (κ3) is 7.62. The predicted molar refractivity (Wildman–Crippen MR) is 123 cm³/mol. The van der Waals surface area contributed by atoms with Gasteiger partial charge in [0.2, 0.25) is 11.8 Å². The topological polar surface area (TPSA) is 197 Å². The van der Waals surface area contributed by atoms with Crippen molar-refractivity contribution >= 4 is 53.7 Å². The maximum absolute atomic E-state index is 12.9. The van der Waals surface area contributed by atoms with E-state index in [1.807, 2.05) is 0 Å². The Bertz CT molecular complexity index is 955. The third-order valence-corrected chi connectivity index (χ3v) is 4.99. The fourth-order valence-corrected chi connectivity index (χ4v) is 3.43. The number of aliphatic carboxylic acids is 2. The number of piperazine rings is 1. The van der Waals surface area contributed by atoms with E-state index >= 15 is 0 Å². The molecule has 0 unspecified atom stereocenters. The van der Waals surface area contributed by atoms with Crippen molar-refractivity contribution in [2.24, 2.45) is 5.73 Å². The smallest absolute Gasteiger partial charge is 0.323 e. The van der Waals surface area contributed by atoms with E-state index in [4.69, 9.17) is 21.4 Å². The lowest BCUT2D eigenvalue weighted by Crippen LogP contribution is -2.60. The molecule has 1 aliphatic heterocycles. The molecule has 0 aromatic heterocycles. The van der Waals surface area contributed by atoms with Gasteiger partial charge in [-0.25, -0.2) is 0 Å². The van der Waals surface area contributed by atoms with Gasteiger partial charge in [-0.1, -0.05) is 0 Å². The highest BCUT2D eigenvalue weighted by molar-refractivity contribution is 5.98. The number of carboxylic acid groups (broad SMARTS) is 2. The standard InChI is InChI=1S/C20H26N6O7.ClH/c1-24(18(32)12-2-4-13(5-3-12)23-20(21)22)10-15(27)26-9-8-25(11-17(30)31)19(33)14(26)6-7-16(28)29;/h2-5,14H,6-11H2,1H3,(H,28,29)(H,30,31)(H4,21,22,23);1H/t14-;/m0./s1. The number of hydrogen-bond acceptors (Lipinski definition) is 6. The van der Waals surface area contributed by atoms with Gasteiger partial charge in [-0.05, 0) is 30.7 Å². The highest BCUT2D eigenvalue weighted by Gasteiger charge is 2.38. The molecule has 1 aromatic carbocycles. The van der Waals surface area contributed by atoms with Gasteiger partial charge in [-0.2, -0.15) is 0 Å². The highest BCUT2D eigenvalue weighted by Crippen LogP contribution is 2.18. The van der Waals surface area contributed by atoms with E-state index < -0.39 is 42.2 Å². The first-order valence-electron chi connectivity index (χ1n) is 9.98. The Kier molecular flexibility index (Phi) is 10.3. The maximum atomic E-state index is 12.9. The van der Waals surface area contributed by atoms with Crippen LogP contribution in [0.4, 0.5) is 5.69 Å². The number of benzene rings is 1. The van der Waals surface area contributed by atoms with Crippen LogP contribution in [0.1, 0.15) is 23.2 Å². The number of halogens is 1. The molecule has 0 saturated carbocycles. The van der Waals surface area contributed by atoms with E-state index in [-0.39, 0.29) is 56.4 Å². The summed E-state index contributed by atoms with van der Waals surface area (Å²) in [5.41, 5.74) is 6.05. The van der Waals surface area contributed by atoms with Crippen molar-refractivity contribution in [1.82, 2.24) is 14.7 Å². The Hall–Kier alpha value is -3.87. The van der Waals surface area contributed by atoms with Crippen LogP contribution in [0.2, 0.25) is 0 Å². The van der Waals surface area contributed by atoms with Crippen LogP contribution in [0.15, 0.2) is 24.3 Å². The summed E-state index contributed by atoms with van der Waals surface area (Å²) in [4.78, 5) is 63.7. The largest absolute Gasteiger partial charge is 0.481 e. The van der Waals surface area contributed by atoms with E-state index in [0.29, 0.717) is 5.69 Å². The van der Waals surface area contributed by atoms with E-state index in [1.165, 1.54) is 24.1 Å². The molecule has 1 fully saturated rings. The summed E-state index contributed by atoms with van der Waals surface area (Å²) >= 11 is 0. The number of carboxylic acids is 2. The molecule has 6 N–H and O–H groups in total. The number of likely N-dealkylation sites (N-methyl/N-ethyl adjacent to an activating group) is 1. The Morgan fingerprint density at radius 1 is 1.15 bits per heavy atom. The lowest BCUT2D eigenvalue weighted by atomic mass is 10.0. The number of carbonyl (C=O) groups is 5. The van der Waals surface area contributed by atoms with Crippen LogP contribution < -0.4 is 11.1 Å². The Morgan fingerprint density at radius 2 is 1.76 bits per heavy atom.